The van der Waals surface area contributed by atoms with E-state index in [1.165, 1.54) is 7.11 Å². The highest BCUT2D eigenvalue weighted by Gasteiger charge is 2.24. The molecular formula is C19H24O4S. The third-order valence-electron chi connectivity index (χ3n) is 3.98. The van der Waals surface area contributed by atoms with Gasteiger partial charge in [-0.2, -0.15) is 8.42 Å². The Bertz CT molecular complexity index is 806. The van der Waals surface area contributed by atoms with Gasteiger partial charge < -0.3 is 8.92 Å². The maximum absolute atomic E-state index is 12.7. The molecule has 0 unspecified atom stereocenters. The van der Waals surface area contributed by atoms with Crippen LogP contribution in [0.1, 0.15) is 43.4 Å². The summed E-state index contributed by atoms with van der Waals surface area (Å²) >= 11 is 0. The largest absolute Gasteiger partial charge is 0.495 e. The summed E-state index contributed by atoms with van der Waals surface area (Å²) in [5.74, 6) is 0.789. The van der Waals surface area contributed by atoms with Crippen molar-refractivity contribution in [2.24, 2.45) is 0 Å². The second-order valence-electron chi connectivity index (χ2n) is 6.05. The van der Waals surface area contributed by atoms with Gasteiger partial charge in [0.25, 0.3) is 0 Å². The van der Waals surface area contributed by atoms with E-state index in [9.17, 15) is 8.42 Å². The van der Waals surface area contributed by atoms with E-state index in [4.69, 9.17) is 8.92 Å². The van der Waals surface area contributed by atoms with E-state index < -0.39 is 10.1 Å². The molecular weight excluding hydrogens is 324 g/mol. The Labute approximate surface area is 144 Å². The summed E-state index contributed by atoms with van der Waals surface area (Å²) in [7, 11) is -2.52. The summed E-state index contributed by atoms with van der Waals surface area (Å²) in [5, 5.41) is 0. The number of hydrogen-bond acceptors (Lipinski definition) is 4. The molecule has 0 heterocycles. The zero-order valence-corrected chi connectivity index (χ0v) is 15.6. The molecule has 2 rings (SSSR count). The van der Waals surface area contributed by atoms with Crippen LogP contribution in [0.2, 0.25) is 0 Å². The topological polar surface area (TPSA) is 52.6 Å². The molecule has 0 amide bonds. The smallest absolute Gasteiger partial charge is 0.342 e. The maximum atomic E-state index is 12.7. The molecule has 0 saturated heterocycles. The fourth-order valence-corrected chi connectivity index (χ4v) is 3.72. The lowest BCUT2D eigenvalue weighted by Crippen LogP contribution is -2.12. The summed E-state index contributed by atoms with van der Waals surface area (Å²) < 4.78 is 36.0. The van der Waals surface area contributed by atoms with Crippen LogP contribution in [0, 0.1) is 6.92 Å². The van der Waals surface area contributed by atoms with Crippen molar-refractivity contribution in [3.63, 3.8) is 0 Å². The number of benzene rings is 2. The molecule has 24 heavy (non-hydrogen) atoms. The number of methoxy groups -OCH3 is 1. The summed E-state index contributed by atoms with van der Waals surface area (Å²) in [6, 6.07) is 10.4. The van der Waals surface area contributed by atoms with Crippen LogP contribution >= 0.6 is 0 Å². The van der Waals surface area contributed by atoms with E-state index >= 15 is 0 Å². The lowest BCUT2D eigenvalue weighted by molar-refractivity contribution is 0.397. The number of ether oxygens (including phenoxy) is 1. The molecule has 0 aliphatic heterocycles. The molecule has 0 aliphatic rings. The molecule has 130 valence electrons. The highest BCUT2D eigenvalue weighted by atomic mass is 32.2. The third kappa shape index (κ3) is 3.90. The van der Waals surface area contributed by atoms with Crippen molar-refractivity contribution in [1.82, 2.24) is 0 Å². The molecule has 0 N–H and O–H groups in total. The van der Waals surface area contributed by atoms with Crippen molar-refractivity contribution in [2.75, 3.05) is 7.11 Å². The van der Waals surface area contributed by atoms with Gasteiger partial charge >= 0.3 is 10.1 Å². The molecule has 4 nitrogen and oxygen atoms in total. The van der Waals surface area contributed by atoms with Crippen molar-refractivity contribution in [3.8, 4) is 11.5 Å². The van der Waals surface area contributed by atoms with Gasteiger partial charge in [-0.1, -0.05) is 32.9 Å². The van der Waals surface area contributed by atoms with Gasteiger partial charge in [-0.15, -0.1) is 0 Å². The SMILES string of the molecule is CCc1ccc(OS(=O)(=O)c2cc(C(C)C)c(C)cc2OC)cc1. The quantitative estimate of drug-likeness (QED) is 0.723. The number of rotatable bonds is 6. The first-order chi connectivity index (χ1) is 11.3. The molecule has 0 bridgehead atoms. The van der Waals surface area contributed by atoms with E-state index in [2.05, 4.69) is 0 Å². The van der Waals surface area contributed by atoms with Gasteiger partial charge in [-0.3, -0.25) is 0 Å². The van der Waals surface area contributed by atoms with Crippen LogP contribution in [0.15, 0.2) is 41.3 Å². The predicted octanol–water partition coefficient (Wildman–Crippen LogP) is 4.46. The van der Waals surface area contributed by atoms with Crippen LogP contribution in [0.5, 0.6) is 11.5 Å². The van der Waals surface area contributed by atoms with Crippen LogP contribution in [-0.4, -0.2) is 15.5 Å². The molecule has 0 radical (unpaired) electrons. The lowest BCUT2D eigenvalue weighted by atomic mass is 9.98. The molecule has 2 aromatic rings. The second kappa shape index (κ2) is 7.26. The Morgan fingerprint density at radius 1 is 1.08 bits per heavy atom. The van der Waals surface area contributed by atoms with E-state index in [1.54, 1.807) is 24.3 Å². The van der Waals surface area contributed by atoms with Crippen LogP contribution in [0.25, 0.3) is 0 Å². The first kappa shape index (κ1) is 18.3. The van der Waals surface area contributed by atoms with Gasteiger partial charge in [0.15, 0.2) is 0 Å². The Hall–Kier alpha value is -2.01. The van der Waals surface area contributed by atoms with E-state index in [-0.39, 0.29) is 10.8 Å². The molecule has 0 aromatic heterocycles. The molecule has 0 atom stereocenters. The second-order valence-corrected chi connectivity index (χ2v) is 7.56. The minimum atomic E-state index is -3.97. The van der Waals surface area contributed by atoms with Gasteiger partial charge in [0, 0.05) is 0 Å². The van der Waals surface area contributed by atoms with Gasteiger partial charge in [0.1, 0.15) is 16.4 Å². The molecule has 5 heteroatoms. The number of hydrogen-bond donors (Lipinski definition) is 0. The van der Waals surface area contributed by atoms with Crippen LogP contribution < -0.4 is 8.92 Å². The van der Waals surface area contributed by atoms with Crippen LogP contribution in [0.3, 0.4) is 0 Å². The summed E-state index contributed by atoms with van der Waals surface area (Å²) in [6.45, 7) is 8.03. The van der Waals surface area contributed by atoms with Crippen LogP contribution in [0.4, 0.5) is 0 Å². The van der Waals surface area contributed by atoms with Crippen molar-refractivity contribution in [2.45, 2.75) is 44.9 Å². The van der Waals surface area contributed by atoms with Gasteiger partial charge in [-0.05, 0) is 60.2 Å². The molecule has 0 spiro atoms. The van der Waals surface area contributed by atoms with E-state index in [1.807, 2.05) is 39.8 Å². The van der Waals surface area contributed by atoms with Gasteiger partial charge in [0.2, 0.25) is 0 Å². The molecule has 0 fully saturated rings. The average molecular weight is 348 g/mol. The lowest BCUT2D eigenvalue weighted by Gasteiger charge is -2.16. The maximum Gasteiger partial charge on any atom is 0.342 e. The standard InChI is InChI=1S/C19H24O4S/c1-6-15-7-9-16(10-8-15)23-24(20,21)19-12-17(13(2)3)14(4)11-18(19)22-5/h7-13H,6H2,1-5H3. The van der Waals surface area contributed by atoms with E-state index in [0.717, 1.165) is 23.1 Å². The fraction of sp³-hybridized carbons (Fsp3) is 0.368. The summed E-state index contributed by atoms with van der Waals surface area (Å²) in [6.07, 6.45) is 0.885. The van der Waals surface area contributed by atoms with Crippen molar-refractivity contribution in [1.29, 1.82) is 0 Å². The fourth-order valence-electron chi connectivity index (χ4n) is 2.61. The first-order valence-electron chi connectivity index (χ1n) is 8.00. The summed E-state index contributed by atoms with van der Waals surface area (Å²) in [5.41, 5.74) is 3.07. The minimum absolute atomic E-state index is 0.0545. The minimum Gasteiger partial charge on any atom is -0.495 e. The van der Waals surface area contributed by atoms with Crippen molar-refractivity contribution >= 4 is 10.1 Å². The Balaban J connectivity index is 2.45. The zero-order valence-electron chi connectivity index (χ0n) is 14.8. The molecule has 0 aliphatic carbocycles. The predicted molar refractivity (Wildman–Crippen MR) is 95.5 cm³/mol. The monoisotopic (exact) mass is 348 g/mol. The number of aryl methyl sites for hydroxylation is 2. The average Bonchev–Trinajstić information content (AvgIpc) is 2.54. The molecule has 0 saturated carbocycles. The van der Waals surface area contributed by atoms with Gasteiger partial charge in [-0.25, -0.2) is 0 Å². The van der Waals surface area contributed by atoms with E-state index in [0.29, 0.717) is 11.5 Å². The normalized spacial score (nSPS) is 11.6. The Kier molecular flexibility index (Phi) is 5.54. The third-order valence-corrected chi connectivity index (χ3v) is 5.25. The summed E-state index contributed by atoms with van der Waals surface area (Å²) in [4.78, 5) is 0.0545. The Morgan fingerprint density at radius 3 is 2.21 bits per heavy atom. The highest BCUT2D eigenvalue weighted by molar-refractivity contribution is 7.87. The van der Waals surface area contributed by atoms with Crippen LogP contribution in [-0.2, 0) is 16.5 Å². The van der Waals surface area contributed by atoms with Crippen molar-refractivity contribution < 1.29 is 17.3 Å². The first-order valence-corrected chi connectivity index (χ1v) is 9.41. The molecule has 2 aromatic carbocycles. The Morgan fingerprint density at radius 2 is 1.71 bits per heavy atom. The highest BCUT2D eigenvalue weighted by Crippen LogP contribution is 2.32. The van der Waals surface area contributed by atoms with Gasteiger partial charge in [0.05, 0.1) is 7.11 Å². The zero-order chi connectivity index (χ0) is 17.9. The van der Waals surface area contributed by atoms with Crippen molar-refractivity contribution in [3.05, 3.63) is 53.1 Å².